The van der Waals surface area contributed by atoms with Gasteiger partial charge in [-0.2, -0.15) is 0 Å². The van der Waals surface area contributed by atoms with Crippen LogP contribution in [0.15, 0.2) is 18.2 Å². The maximum atomic E-state index is 12.8. The zero-order chi connectivity index (χ0) is 9.84. The molecule has 1 aromatic rings. The molecule has 0 bridgehead atoms. The fraction of sp³-hybridized carbons (Fsp3) is 0.455. The molecular formula is C11H16FN. The summed E-state index contributed by atoms with van der Waals surface area (Å²) < 4.78 is 12.8. The molecule has 0 radical (unpaired) electrons. The van der Waals surface area contributed by atoms with E-state index < -0.39 is 0 Å². The molecule has 0 heterocycles. The third kappa shape index (κ3) is 2.28. The van der Waals surface area contributed by atoms with E-state index in [9.17, 15) is 4.39 Å². The summed E-state index contributed by atoms with van der Waals surface area (Å²) in [6.07, 6.45) is 1.02. The van der Waals surface area contributed by atoms with Crippen molar-refractivity contribution in [3.8, 4) is 0 Å². The van der Waals surface area contributed by atoms with Gasteiger partial charge in [0.05, 0.1) is 0 Å². The number of hydrogen-bond acceptors (Lipinski definition) is 1. The lowest BCUT2D eigenvalue weighted by Crippen LogP contribution is -2.16. The van der Waals surface area contributed by atoms with Crippen LogP contribution in [0.5, 0.6) is 0 Å². The van der Waals surface area contributed by atoms with Crippen molar-refractivity contribution in [1.29, 1.82) is 0 Å². The maximum absolute atomic E-state index is 12.8. The van der Waals surface area contributed by atoms with Crippen molar-refractivity contribution in [2.24, 2.45) is 0 Å². The van der Waals surface area contributed by atoms with Gasteiger partial charge in [0, 0.05) is 6.04 Å². The van der Waals surface area contributed by atoms with Crippen molar-refractivity contribution < 1.29 is 4.39 Å². The van der Waals surface area contributed by atoms with Gasteiger partial charge in [-0.25, -0.2) is 4.39 Å². The van der Waals surface area contributed by atoms with Crippen LogP contribution in [0.1, 0.15) is 30.5 Å². The minimum absolute atomic E-state index is 0.160. The smallest absolute Gasteiger partial charge is 0.123 e. The largest absolute Gasteiger partial charge is 0.313 e. The standard InChI is InChI=1S/C11H16FN/c1-4-11(13-3)10-6-5-9(12)7-8(10)2/h5-7,11,13H,4H2,1-3H3. The molecule has 0 amide bonds. The fourth-order valence-electron chi connectivity index (χ4n) is 1.61. The molecule has 2 heteroatoms. The number of hydrogen-bond donors (Lipinski definition) is 1. The van der Waals surface area contributed by atoms with Gasteiger partial charge in [-0.15, -0.1) is 0 Å². The second-order valence-corrected chi connectivity index (χ2v) is 3.25. The Morgan fingerprint density at radius 1 is 1.46 bits per heavy atom. The molecule has 0 aliphatic rings. The molecule has 1 nitrogen and oxygen atoms in total. The molecule has 13 heavy (non-hydrogen) atoms. The van der Waals surface area contributed by atoms with Crippen molar-refractivity contribution in [2.45, 2.75) is 26.3 Å². The summed E-state index contributed by atoms with van der Waals surface area (Å²) >= 11 is 0. The highest BCUT2D eigenvalue weighted by molar-refractivity contribution is 5.29. The van der Waals surface area contributed by atoms with Gasteiger partial charge in [0.1, 0.15) is 5.82 Å². The Labute approximate surface area is 79.0 Å². The predicted octanol–water partition coefficient (Wildman–Crippen LogP) is 2.80. The Morgan fingerprint density at radius 3 is 2.62 bits per heavy atom. The molecule has 1 rings (SSSR count). The van der Waals surface area contributed by atoms with Crippen LogP contribution < -0.4 is 5.32 Å². The van der Waals surface area contributed by atoms with Gasteiger partial charge >= 0.3 is 0 Å². The summed E-state index contributed by atoms with van der Waals surface area (Å²) in [4.78, 5) is 0. The summed E-state index contributed by atoms with van der Waals surface area (Å²) in [5.41, 5.74) is 2.20. The Hall–Kier alpha value is -0.890. The number of benzene rings is 1. The van der Waals surface area contributed by atoms with Crippen molar-refractivity contribution in [2.75, 3.05) is 7.05 Å². The first-order chi connectivity index (χ1) is 6.19. The number of aryl methyl sites for hydroxylation is 1. The van der Waals surface area contributed by atoms with E-state index in [1.807, 2.05) is 20.0 Å². The third-order valence-electron chi connectivity index (χ3n) is 2.36. The Morgan fingerprint density at radius 2 is 2.15 bits per heavy atom. The minimum atomic E-state index is -0.160. The topological polar surface area (TPSA) is 12.0 Å². The Kier molecular flexibility index (Phi) is 3.43. The van der Waals surface area contributed by atoms with E-state index in [1.165, 1.54) is 11.6 Å². The highest BCUT2D eigenvalue weighted by atomic mass is 19.1. The molecule has 0 saturated carbocycles. The summed E-state index contributed by atoms with van der Waals surface area (Å²) in [5.74, 6) is -0.160. The average molecular weight is 181 g/mol. The first kappa shape index (κ1) is 10.2. The van der Waals surface area contributed by atoms with Crippen molar-refractivity contribution in [1.82, 2.24) is 5.32 Å². The summed E-state index contributed by atoms with van der Waals surface area (Å²) in [6, 6.07) is 5.29. The van der Waals surface area contributed by atoms with E-state index in [1.54, 1.807) is 6.07 Å². The monoisotopic (exact) mass is 181 g/mol. The van der Waals surface area contributed by atoms with Crippen LogP contribution in [0.4, 0.5) is 4.39 Å². The second-order valence-electron chi connectivity index (χ2n) is 3.25. The molecule has 1 aromatic carbocycles. The van der Waals surface area contributed by atoms with Crippen LogP contribution in [0.2, 0.25) is 0 Å². The maximum Gasteiger partial charge on any atom is 0.123 e. The molecule has 0 aliphatic carbocycles. The van der Waals surface area contributed by atoms with E-state index in [4.69, 9.17) is 0 Å². The lowest BCUT2D eigenvalue weighted by Gasteiger charge is -2.16. The quantitative estimate of drug-likeness (QED) is 0.756. The van der Waals surface area contributed by atoms with Crippen LogP contribution in [0, 0.1) is 12.7 Å². The molecule has 1 N–H and O–H groups in total. The van der Waals surface area contributed by atoms with Gasteiger partial charge in [0.2, 0.25) is 0 Å². The molecule has 0 aromatic heterocycles. The summed E-state index contributed by atoms with van der Waals surface area (Å²) in [6.45, 7) is 4.06. The predicted molar refractivity (Wildman–Crippen MR) is 53.2 cm³/mol. The zero-order valence-corrected chi connectivity index (χ0v) is 8.39. The number of halogens is 1. The molecule has 0 spiro atoms. The van der Waals surface area contributed by atoms with E-state index in [0.717, 1.165) is 12.0 Å². The Bertz CT molecular complexity index is 279. The fourth-order valence-corrected chi connectivity index (χ4v) is 1.61. The highest BCUT2D eigenvalue weighted by Gasteiger charge is 2.09. The van der Waals surface area contributed by atoms with Gasteiger partial charge in [-0.05, 0) is 43.7 Å². The summed E-state index contributed by atoms with van der Waals surface area (Å²) in [5, 5.41) is 3.21. The molecule has 0 fully saturated rings. The van der Waals surface area contributed by atoms with Gasteiger partial charge in [-0.1, -0.05) is 13.0 Å². The number of nitrogens with one attached hydrogen (secondary N) is 1. The van der Waals surface area contributed by atoms with Crippen molar-refractivity contribution >= 4 is 0 Å². The SMILES string of the molecule is CCC(NC)c1ccc(F)cc1C. The number of rotatable bonds is 3. The van der Waals surface area contributed by atoms with Crippen LogP contribution >= 0.6 is 0 Å². The van der Waals surface area contributed by atoms with Gasteiger partial charge in [-0.3, -0.25) is 0 Å². The normalized spacial score (nSPS) is 12.9. The third-order valence-corrected chi connectivity index (χ3v) is 2.36. The van der Waals surface area contributed by atoms with Crippen LogP contribution in [0.25, 0.3) is 0 Å². The molecule has 0 aliphatic heterocycles. The average Bonchev–Trinajstić information content (AvgIpc) is 2.10. The molecule has 72 valence electrons. The first-order valence-electron chi connectivity index (χ1n) is 4.62. The van der Waals surface area contributed by atoms with Gasteiger partial charge in [0.25, 0.3) is 0 Å². The highest BCUT2D eigenvalue weighted by Crippen LogP contribution is 2.20. The zero-order valence-electron chi connectivity index (χ0n) is 8.39. The lowest BCUT2D eigenvalue weighted by molar-refractivity contribution is 0.569. The first-order valence-corrected chi connectivity index (χ1v) is 4.62. The van der Waals surface area contributed by atoms with Crippen LogP contribution in [-0.4, -0.2) is 7.05 Å². The lowest BCUT2D eigenvalue weighted by atomic mass is 9.99. The van der Waals surface area contributed by atoms with E-state index in [2.05, 4.69) is 12.2 Å². The Balaban J connectivity index is 2.99. The summed E-state index contributed by atoms with van der Waals surface area (Å²) in [7, 11) is 1.93. The molecular weight excluding hydrogens is 165 g/mol. The van der Waals surface area contributed by atoms with Crippen molar-refractivity contribution in [3.63, 3.8) is 0 Å². The van der Waals surface area contributed by atoms with Crippen LogP contribution in [0.3, 0.4) is 0 Å². The van der Waals surface area contributed by atoms with E-state index >= 15 is 0 Å². The van der Waals surface area contributed by atoms with Crippen LogP contribution in [-0.2, 0) is 0 Å². The van der Waals surface area contributed by atoms with E-state index in [0.29, 0.717) is 6.04 Å². The minimum Gasteiger partial charge on any atom is -0.313 e. The molecule has 0 saturated heterocycles. The second kappa shape index (κ2) is 4.38. The van der Waals surface area contributed by atoms with Crippen molar-refractivity contribution in [3.05, 3.63) is 35.1 Å². The van der Waals surface area contributed by atoms with Gasteiger partial charge in [0.15, 0.2) is 0 Å². The molecule has 1 atom stereocenters. The van der Waals surface area contributed by atoms with E-state index in [-0.39, 0.29) is 5.82 Å². The van der Waals surface area contributed by atoms with Gasteiger partial charge < -0.3 is 5.32 Å². The molecule has 1 unspecified atom stereocenters.